The number of nitrogens with one attached hydrogen (secondary N) is 2. The summed E-state index contributed by atoms with van der Waals surface area (Å²) >= 11 is 0. The number of aromatic nitrogens is 2. The van der Waals surface area contributed by atoms with Crippen molar-refractivity contribution in [2.24, 2.45) is 0 Å². The van der Waals surface area contributed by atoms with Gasteiger partial charge in [0.05, 0.1) is 11.1 Å². The number of sulfonamides is 1. The summed E-state index contributed by atoms with van der Waals surface area (Å²) in [6.45, 7) is -0.114. The van der Waals surface area contributed by atoms with Crippen LogP contribution in [-0.2, 0) is 16.6 Å². The zero-order valence-electron chi connectivity index (χ0n) is 10.1. The van der Waals surface area contributed by atoms with Gasteiger partial charge in [0, 0.05) is 18.2 Å². The lowest BCUT2D eigenvalue weighted by Gasteiger charge is -2.06. The van der Waals surface area contributed by atoms with Crippen molar-refractivity contribution in [3.63, 3.8) is 0 Å². The smallest absolute Gasteiger partial charge is 0.289 e. The van der Waals surface area contributed by atoms with E-state index in [9.17, 15) is 18.5 Å². The van der Waals surface area contributed by atoms with Crippen LogP contribution in [0.2, 0.25) is 0 Å². The molecule has 4 N–H and O–H groups in total. The highest BCUT2D eigenvalue weighted by atomic mass is 32.2. The number of nitrogens with zero attached hydrogens (tertiary/aromatic N) is 2. The van der Waals surface area contributed by atoms with E-state index < -0.39 is 25.5 Å². The lowest BCUT2D eigenvalue weighted by atomic mass is 10.3. The van der Waals surface area contributed by atoms with E-state index in [1.165, 1.54) is 24.4 Å². The number of nitro groups is 1. The molecule has 106 valence electrons. The quantitative estimate of drug-likeness (QED) is 0.537. The fourth-order valence-electron chi connectivity index (χ4n) is 1.55. The SMILES string of the molecule is Nc1[nH]ncc1CNS(=O)(=O)c1ccccc1[N+](=O)[O-]. The van der Waals surface area contributed by atoms with Gasteiger partial charge in [-0.2, -0.15) is 5.10 Å². The third-order valence-corrected chi connectivity index (χ3v) is 4.00. The van der Waals surface area contributed by atoms with Crippen LogP contribution in [0.5, 0.6) is 0 Å². The van der Waals surface area contributed by atoms with Gasteiger partial charge in [-0.25, -0.2) is 13.1 Å². The molecule has 2 rings (SSSR count). The minimum Gasteiger partial charge on any atom is -0.384 e. The average Bonchev–Trinajstić information content (AvgIpc) is 2.82. The van der Waals surface area contributed by atoms with Crippen molar-refractivity contribution in [3.8, 4) is 0 Å². The monoisotopic (exact) mass is 297 g/mol. The maximum Gasteiger partial charge on any atom is 0.289 e. The van der Waals surface area contributed by atoms with Crippen molar-refractivity contribution < 1.29 is 13.3 Å². The van der Waals surface area contributed by atoms with Crippen molar-refractivity contribution in [1.29, 1.82) is 0 Å². The number of hydrogen-bond donors (Lipinski definition) is 3. The van der Waals surface area contributed by atoms with E-state index in [1.807, 2.05) is 0 Å². The van der Waals surface area contributed by atoms with Gasteiger partial charge in [-0.1, -0.05) is 12.1 Å². The number of rotatable bonds is 5. The first-order valence-electron chi connectivity index (χ1n) is 5.42. The molecule has 10 heteroatoms. The molecule has 0 spiro atoms. The van der Waals surface area contributed by atoms with Crippen molar-refractivity contribution >= 4 is 21.5 Å². The summed E-state index contributed by atoms with van der Waals surface area (Å²) in [6, 6.07) is 5.10. The summed E-state index contributed by atoms with van der Waals surface area (Å²) in [5.74, 6) is 0.232. The van der Waals surface area contributed by atoms with Crippen LogP contribution in [0.3, 0.4) is 0 Å². The lowest BCUT2D eigenvalue weighted by Crippen LogP contribution is -2.24. The molecule has 0 radical (unpaired) electrons. The highest BCUT2D eigenvalue weighted by molar-refractivity contribution is 7.89. The molecule has 0 saturated heterocycles. The summed E-state index contributed by atoms with van der Waals surface area (Å²) in [4.78, 5) is 9.69. The summed E-state index contributed by atoms with van der Waals surface area (Å²) in [6.07, 6.45) is 1.37. The molecular weight excluding hydrogens is 286 g/mol. The zero-order chi connectivity index (χ0) is 14.8. The first-order valence-corrected chi connectivity index (χ1v) is 6.91. The van der Waals surface area contributed by atoms with Crippen LogP contribution >= 0.6 is 0 Å². The number of H-pyrrole nitrogens is 1. The minimum absolute atomic E-state index is 0.114. The van der Waals surface area contributed by atoms with Crippen LogP contribution in [0.15, 0.2) is 35.4 Å². The van der Waals surface area contributed by atoms with E-state index in [1.54, 1.807) is 0 Å². The average molecular weight is 297 g/mol. The second kappa shape index (κ2) is 5.27. The van der Waals surface area contributed by atoms with E-state index in [0.717, 1.165) is 6.07 Å². The molecule has 1 aromatic carbocycles. The van der Waals surface area contributed by atoms with Gasteiger partial charge in [0.15, 0.2) is 4.90 Å². The van der Waals surface area contributed by atoms with Crippen LogP contribution in [0, 0.1) is 10.1 Å². The normalized spacial score (nSPS) is 11.4. The number of anilines is 1. The molecule has 0 aliphatic heterocycles. The first kappa shape index (κ1) is 14.0. The van der Waals surface area contributed by atoms with Crippen molar-refractivity contribution in [1.82, 2.24) is 14.9 Å². The van der Waals surface area contributed by atoms with Crippen molar-refractivity contribution in [3.05, 3.63) is 46.1 Å². The van der Waals surface area contributed by atoms with Gasteiger partial charge in [0.25, 0.3) is 5.69 Å². The van der Waals surface area contributed by atoms with Gasteiger partial charge in [-0.3, -0.25) is 15.2 Å². The van der Waals surface area contributed by atoms with E-state index >= 15 is 0 Å². The first-order chi connectivity index (χ1) is 9.42. The number of nitro benzene ring substituents is 1. The maximum atomic E-state index is 12.1. The van der Waals surface area contributed by atoms with Gasteiger partial charge in [0.2, 0.25) is 10.0 Å². The van der Waals surface area contributed by atoms with E-state index in [0.29, 0.717) is 5.56 Å². The molecule has 1 aromatic heterocycles. The summed E-state index contributed by atoms with van der Waals surface area (Å²) in [5, 5.41) is 16.9. The van der Waals surface area contributed by atoms with Gasteiger partial charge in [-0.05, 0) is 6.07 Å². The summed E-state index contributed by atoms with van der Waals surface area (Å²) in [7, 11) is -4.02. The molecular formula is C10H11N5O4S. The molecule has 2 aromatic rings. The number of benzene rings is 1. The Balaban J connectivity index is 2.27. The maximum absolute atomic E-state index is 12.1. The molecule has 0 aliphatic carbocycles. The minimum atomic E-state index is -4.02. The van der Waals surface area contributed by atoms with Crippen LogP contribution < -0.4 is 10.5 Å². The van der Waals surface area contributed by atoms with Gasteiger partial charge in [-0.15, -0.1) is 0 Å². The molecule has 0 aliphatic rings. The van der Waals surface area contributed by atoms with Crippen molar-refractivity contribution in [2.75, 3.05) is 5.73 Å². The summed E-state index contributed by atoms with van der Waals surface area (Å²) in [5.41, 5.74) is 5.49. The highest BCUT2D eigenvalue weighted by Gasteiger charge is 2.24. The highest BCUT2D eigenvalue weighted by Crippen LogP contribution is 2.23. The molecule has 0 unspecified atom stereocenters. The number of nitrogen functional groups attached to an aromatic ring is 1. The van der Waals surface area contributed by atoms with E-state index in [2.05, 4.69) is 14.9 Å². The number of hydrogen-bond acceptors (Lipinski definition) is 6. The predicted molar refractivity (Wildman–Crippen MR) is 70.1 cm³/mol. The number of aromatic amines is 1. The molecule has 1 heterocycles. The van der Waals surface area contributed by atoms with E-state index in [4.69, 9.17) is 5.73 Å². The Hall–Kier alpha value is -2.46. The molecule has 0 atom stereocenters. The predicted octanol–water partition coefficient (Wildman–Crippen LogP) is 0.379. The van der Waals surface area contributed by atoms with Gasteiger partial charge < -0.3 is 5.73 Å². The second-order valence-corrected chi connectivity index (χ2v) is 5.59. The molecule has 0 saturated carbocycles. The van der Waals surface area contributed by atoms with E-state index in [-0.39, 0.29) is 12.4 Å². The Morgan fingerprint density at radius 3 is 2.70 bits per heavy atom. The molecule has 0 amide bonds. The number of para-hydroxylation sites is 1. The van der Waals surface area contributed by atoms with Crippen LogP contribution in [0.25, 0.3) is 0 Å². The number of nitrogens with two attached hydrogens (primary N) is 1. The van der Waals surface area contributed by atoms with Gasteiger partial charge in [0.1, 0.15) is 5.82 Å². The molecule has 9 nitrogen and oxygen atoms in total. The third kappa shape index (κ3) is 2.75. The fourth-order valence-corrected chi connectivity index (χ4v) is 2.72. The van der Waals surface area contributed by atoms with Crippen LogP contribution in [-0.4, -0.2) is 23.5 Å². The molecule has 0 bridgehead atoms. The third-order valence-electron chi connectivity index (χ3n) is 2.56. The van der Waals surface area contributed by atoms with Crippen LogP contribution in [0.1, 0.15) is 5.56 Å². The Morgan fingerprint density at radius 2 is 2.10 bits per heavy atom. The Bertz CT molecular complexity index is 740. The molecule has 0 fully saturated rings. The zero-order valence-corrected chi connectivity index (χ0v) is 10.9. The van der Waals surface area contributed by atoms with Gasteiger partial charge >= 0.3 is 0 Å². The largest absolute Gasteiger partial charge is 0.384 e. The second-order valence-electron chi connectivity index (χ2n) is 3.86. The lowest BCUT2D eigenvalue weighted by molar-refractivity contribution is -0.387. The topological polar surface area (TPSA) is 144 Å². The fraction of sp³-hybridized carbons (Fsp3) is 0.100. The standard InChI is InChI=1S/C10H11N5O4S/c11-10-7(5-12-14-10)6-13-20(18,19)9-4-2-1-3-8(9)15(16)17/h1-5,13H,6H2,(H3,11,12,14). The van der Waals surface area contributed by atoms with Crippen molar-refractivity contribution in [2.45, 2.75) is 11.4 Å². The molecule has 20 heavy (non-hydrogen) atoms. The summed E-state index contributed by atoms with van der Waals surface area (Å²) < 4.78 is 26.4. The Kier molecular flexibility index (Phi) is 3.68. The Labute approximate surface area is 114 Å². The Morgan fingerprint density at radius 1 is 1.40 bits per heavy atom. The van der Waals surface area contributed by atoms with Crippen LogP contribution in [0.4, 0.5) is 11.5 Å².